The van der Waals surface area contributed by atoms with Crippen molar-refractivity contribution in [1.82, 2.24) is 5.32 Å². The summed E-state index contributed by atoms with van der Waals surface area (Å²) in [6, 6.07) is 25.7. The second kappa shape index (κ2) is 10.1. The van der Waals surface area contributed by atoms with E-state index in [-0.39, 0.29) is 18.5 Å². The maximum atomic E-state index is 12.5. The van der Waals surface area contributed by atoms with Crippen LogP contribution in [0.4, 0.5) is 5.69 Å². The van der Waals surface area contributed by atoms with Crippen LogP contribution in [0, 0.1) is 0 Å². The van der Waals surface area contributed by atoms with Gasteiger partial charge >= 0.3 is 0 Å². The zero-order valence-electron chi connectivity index (χ0n) is 17.6. The van der Waals surface area contributed by atoms with E-state index in [1.165, 1.54) is 0 Å². The predicted octanol–water partition coefficient (Wildman–Crippen LogP) is 3.91. The summed E-state index contributed by atoms with van der Waals surface area (Å²) in [6.45, 7) is 1.97. The van der Waals surface area contributed by atoms with Gasteiger partial charge in [0, 0.05) is 0 Å². The molecule has 0 saturated heterocycles. The maximum absolute atomic E-state index is 12.5. The van der Waals surface area contributed by atoms with Gasteiger partial charge in [-0.1, -0.05) is 60.7 Å². The summed E-state index contributed by atoms with van der Waals surface area (Å²) < 4.78 is 31.5. The molecular weight excluding hydrogens is 412 g/mol. The molecule has 0 heterocycles. The first-order chi connectivity index (χ1) is 14.8. The van der Waals surface area contributed by atoms with Gasteiger partial charge in [-0.3, -0.25) is 9.10 Å². The number of rotatable bonds is 9. The molecule has 3 rings (SSSR count). The second-order valence-corrected chi connectivity index (χ2v) is 9.14. The third-order valence-corrected chi connectivity index (χ3v) is 5.88. The van der Waals surface area contributed by atoms with Crippen molar-refractivity contribution >= 4 is 21.6 Å². The first-order valence-electron chi connectivity index (χ1n) is 9.92. The van der Waals surface area contributed by atoms with Gasteiger partial charge in [0.05, 0.1) is 18.0 Å². The molecule has 0 spiro atoms. The smallest absolute Gasteiger partial charge is 0.241 e. The fourth-order valence-corrected chi connectivity index (χ4v) is 3.95. The molecule has 1 N–H and O–H groups in total. The summed E-state index contributed by atoms with van der Waals surface area (Å²) in [4.78, 5) is 12.5. The Morgan fingerprint density at radius 1 is 0.935 bits per heavy atom. The molecule has 0 aliphatic carbocycles. The zero-order chi connectivity index (χ0) is 22.3. The monoisotopic (exact) mass is 438 g/mol. The third-order valence-electron chi connectivity index (χ3n) is 4.74. The summed E-state index contributed by atoms with van der Waals surface area (Å²) >= 11 is 0. The Balaban J connectivity index is 1.65. The number of nitrogens with one attached hydrogen (secondary N) is 1. The second-order valence-electron chi connectivity index (χ2n) is 7.24. The predicted molar refractivity (Wildman–Crippen MR) is 122 cm³/mol. The number of carbonyl (C=O) groups is 1. The maximum Gasteiger partial charge on any atom is 0.241 e. The van der Waals surface area contributed by atoms with Gasteiger partial charge in [0.2, 0.25) is 15.9 Å². The first kappa shape index (κ1) is 22.4. The van der Waals surface area contributed by atoms with Gasteiger partial charge in [-0.25, -0.2) is 8.42 Å². The number of carbonyl (C=O) groups excluding carboxylic acids is 1. The highest BCUT2D eigenvalue weighted by atomic mass is 32.2. The van der Waals surface area contributed by atoms with Gasteiger partial charge in [-0.05, 0) is 42.3 Å². The molecule has 0 unspecified atom stereocenters. The van der Waals surface area contributed by atoms with E-state index in [9.17, 15) is 13.2 Å². The van der Waals surface area contributed by atoms with E-state index in [2.05, 4.69) is 5.32 Å². The van der Waals surface area contributed by atoms with Crippen molar-refractivity contribution in [3.63, 3.8) is 0 Å². The molecule has 3 aromatic carbocycles. The summed E-state index contributed by atoms with van der Waals surface area (Å²) in [5.41, 5.74) is 2.38. The molecule has 6 nitrogen and oxygen atoms in total. The lowest BCUT2D eigenvalue weighted by atomic mass is 10.1. The van der Waals surface area contributed by atoms with E-state index in [0.29, 0.717) is 18.0 Å². The van der Waals surface area contributed by atoms with Gasteiger partial charge in [0.1, 0.15) is 18.9 Å². The van der Waals surface area contributed by atoms with Crippen molar-refractivity contribution in [2.75, 3.05) is 17.1 Å². The van der Waals surface area contributed by atoms with E-state index in [4.69, 9.17) is 4.74 Å². The molecule has 0 bridgehead atoms. The molecular formula is C24H26N2O4S. The van der Waals surface area contributed by atoms with Gasteiger partial charge in [0.15, 0.2) is 0 Å². The molecule has 0 fully saturated rings. The molecule has 3 aromatic rings. The minimum Gasteiger partial charge on any atom is -0.489 e. The summed E-state index contributed by atoms with van der Waals surface area (Å²) in [5.74, 6) is 0.231. The van der Waals surface area contributed by atoms with Crippen molar-refractivity contribution in [2.45, 2.75) is 19.6 Å². The van der Waals surface area contributed by atoms with Crippen LogP contribution in [0.2, 0.25) is 0 Å². The van der Waals surface area contributed by atoms with E-state index in [1.807, 2.05) is 67.6 Å². The number of anilines is 1. The quantitative estimate of drug-likeness (QED) is 0.550. The van der Waals surface area contributed by atoms with Crippen LogP contribution >= 0.6 is 0 Å². The molecule has 0 saturated carbocycles. The largest absolute Gasteiger partial charge is 0.489 e. The molecule has 1 atom stereocenters. The van der Waals surface area contributed by atoms with Crippen LogP contribution in [0.3, 0.4) is 0 Å². The highest BCUT2D eigenvalue weighted by molar-refractivity contribution is 7.92. The summed E-state index contributed by atoms with van der Waals surface area (Å²) in [6.07, 6.45) is 1.08. The Labute approximate surface area is 183 Å². The Morgan fingerprint density at radius 3 is 2.10 bits per heavy atom. The first-order valence-corrected chi connectivity index (χ1v) is 11.8. The lowest BCUT2D eigenvalue weighted by Crippen LogP contribution is -2.41. The van der Waals surface area contributed by atoms with Crippen LogP contribution < -0.4 is 14.4 Å². The standard InChI is InChI=1S/C24H26N2O4S/c1-19(21-11-7-4-8-12-21)25-24(27)17-26(31(2,28)29)22-13-15-23(16-14-22)30-18-20-9-5-3-6-10-20/h3-16,19H,17-18H2,1-2H3,(H,25,27)/t19-/m1/s1. The Hall–Kier alpha value is -3.32. The molecule has 0 aliphatic heterocycles. The molecule has 31 heavy (non-hydrogen) atoms. The lowest BCUT2D eigenvalue weighted by molar-refractivity contribution is -0.120. The van der Waals surface area contributed by atoms with Crippen LogP contribution in [-0.2, 0) is 21.4 Å². The Bertz CT molecular complexity index is 1090. The van der Waals surface area contributed by atoms with Crippen molar-refractivity contribution < 1.29 is 17.9 Å². The highest BCUT2D eigenvalue weighted by Gasteiger charge is 2.22. The number of hydrogen-bond acceptors (Lipinski definition) is 4. The molecule has 0 aromatic heterocycles. The van der Waals surface area contributed by atoms with E-state index >= 15 is 0 Å². The van der Waals surface area contributed by atoms with Crippen LogP contribution in [0.25, 0.3) is 0 Å². The van der Waals surface area contributed by atoms with Crippen molar-refractivity contribution in [3.8, 4) is 5.75 Å². The average molecular weight is 439 g/mol. The molecule has 0 radical (unpaired) electrons. The van der Waals surface area contributed by atoms with Crippen molar-refractivity contribution in [2.24, 2.45) is 0 Å². The number of benzene rings is 3. The summed E-state index contributed by atoms with van der Waals surface area (Å²) in [5, 5.41) is 2.85. The molecule has 1 amide bonds. The number of ether oxygens (including phenoxy) is 1. The minimum atomic E-state index is -3.65. The summed E-state index contributed by atoms with van der Waals surface area (Å²) in [7, 11) is -3.65. The number of sulfonamides is 1. The zero-order valence-corrected chi connectivity index (χ0v) is 18.4. The van der Waals surface area contributed by atoms with Crippen LogP contribution in [0.15, 0.2) is 84.9 Å². The normalized spacial score (nSPS) is 12.1. The Kier molecular flexibility index (Phi) is 7.31. The van der Waals surface area contributed by atoms with Crippen molar-refractivity contribution in [1.29, 1.82) is 0 Å². The van der Waals surface area contributed by atoms with Gasteiger partial charge in [-0.2, -0.15) is 0 Å². The number of amides is 1. The number of hydrogen-bond donors (Lipinski definition) is 1. The third kappa shape index (κ3) is 6.58. The average Bonchev–Trinajstić information content (AvgIpc) is 2.77. The molecule has 7 heteroatoms. The lowest BCUT2D eigenvalue weighted by Gasteiger charge is -2.23. The van der Waals surface area contributed by atoms with Gasteiger partial charge in [-0.15, -0.1) is 0 Å². The fraction of sp³-hybridized carbons (Fsp3) is 0.208. The van der Waals surface area contributed by atoms with Crippen LogP contribution in [0.5, 0.6) is 5.75 Å². The van der Waals surface area contributed by atoms with E-state index in [1.54, 1.807) is 24.3 Å². The van der Waals surface area contributed by atoms with Crippen LogP contribution in [-0.4, -0.2) is 27.1 Å². The minimum absolute atomic E-state index is 0.233. The van der Waals surface area contributed by atoms with E-state index in [0.717, 1.165) is 21.7 Å². The topological polar surface area (TPSA) is 75.7 Å². The molecule has 0 aliphatic rings. The highest BCUT2D eigenvalue weighted by Crippen LogP contribution is 2.22. The van der Waals surface area contributed by atoms with Crippen molar-refractivity contribution in [3.05, 3.63) is 96.1 Å². The van der Waals surface area contributed by atoms with Gasteiger partial charge in [0.25, 0.3) is 0 Å². The fourth-order valence-electron chi connectivity index (χ4n) is 3.09. The number of nitrogens with zero attached hydrogens (tertiary/aromatic N) is 1. The molecule has 162 valence electrons. The SMILES string of the molecule is C[C@@H](NC(=O)CN(c1ccc(OCc2ccccc2)cc1)S(C)(=O)=O)c1ccccc1. The van der Waals surface area contributed by atoms with Crippen LogP contribution in [0.1, 0.15) is 24.1 Å². The van der Waals surface area contributed by atoms with E-state index < -0.39 is 10.0 Å². The van der Waals surface area contributed by atoms with Gasteiger partial charge < -0.3 is 10.1 Å². The Morgan fingerprint density at radius 2 is 1.52 bits per heavy atom.